The average Bonchev–Trinajstić information content (AvgIpc) is 2.98. The Bertz CT molecular complexity index is 1600. The van der Waals surface area contributed by atoms with Crippen LogP contribution in [0.25, 0.3) is 0 Å². The van der Waals surface area contributed by atoms with Crippen LogP contribution in [0.5, 0.6) is 11.8 Å². The maximum absolute atomic E-state index is 12.8. The highest BCUT2D eigenvalue weighted by Crippen LogP contribution is 2.19. The van der Waals surface area contributed by atoms with Gasteiger partial charge in [-0.3, -0.25) is 14.3 Å². The van der Waals surface area contributed by atoms with Crippen molar-refractivity contribution in [1.82, 2.24) is 25.0 Å². The van der Waals surface area contributed by atoms with Crippen LogP contribution in [0.15, 0.2) is 60.7 Å². The van der Waals surface area contributed by atoms with Crippen molar-refractivity contribution in [2.75, 3.05) is 30.8 Å². The van der Waals surface area contributed by atoms with Crippen molar-refractivity contribution in [3.63, 3.8) is 0 Å². The number of halogens is 3. The van der Waals surface area contributed by atoms with Crippen LogP contribution in [0.3, 0.4) is 0 Å². The zero-order valence-corrected chi connectivity index (χ0v) is 24.8. The molecule has 0 radical (unpaired) electrons. The normalized spacial score (nSPS) is 17.5. The third kappa shape index (κ3) is 11.7. The molecule has 45 heavy (non-hydrogen) atoms. The number of nitrogens with zero attached hydrogens (tertiary/aromatic N) is 3. The number of aromatic nitrogens is 3. The Balaban J connectivity index is 1.52. The van der Waals surface area contributed by atoms with E-state index in [4.69, 9.17) is 9.47 Å². The van der Waals surface area contributed by atoms with Gasteiger partial charge in [0.2, 0.25) is 21.9 Å². The van der Waals surface area contributed by atoms with Gasteiger partial charge in [0.25, 0.3) is 5.91 Å². The number of fused-ring (bicyclic) bond motifs is 2. The van der Waals surface area contributed by atoms with Crippen molar-refractivity contribution in [1.29, 1.82) is 0 Å². The number of rotatable bonds is 2. The number of hydrogen-bond acceptors (Lipinski definition) is 10. The fraction of sp³-hybridized carbons (Fsp3) is 0.345. The molecule has 3 aliphatic heterocycles. The van der Waals surface area contributed by atoms with E-state index in [1.807, 2.05) is 4.72 Å². The van der Waals surface area contributed by atoms with E-state index in [0.717, 1.165) is 5.56 Å². The highest BCUT2D eigenvalue weighted by atomic mass is 32.2. The van der Waals surface area contributed by atoms with E-state index in [2.05, 4.69) is 25.6 Å². The summed E-state index contributed by atoms with van der Waals surface area (Å²) in [6.07, 6.45) is -0.784. The Morgan fingerprint density at radius 2 is 1.62 bits per heavy atom. The summed E-state index contributed by atoms with van der Waals surface area (Å²) >= 11 is 0. The van der Waals surface area contributed by atoms with Crippen LogP contribution in [-0.4, -0.2) is 66.9 Å². The van der Waals surface area contributed by atoms with Crippen LogP contribution >= 0.6 is 0 Å². The fourth-order valence-corrected chi connectivity index (χ4v) is 4.92. The first-order chi connectivity index (χ1) is 21.4. The Kier molecular flexibility index (Phi) is 11.3. The van der Waals surface area contributed by atoms with Crippen LogP contribution in [-0.2, 0) is 27.8 Å². The second-order valence-electron chi connectivity index (χ2n) is 9.93. The molecule has 3 N–H and O–H groups in total. The molecule has 6 bridgehead atoms. The van der Waals surface area contributed by atoms with E-state index in [0.29, 0.717) is 29.7 Å². The molecule has 0 saturated heterocycles. The molecule has 6 rings (SSSR count). The number of ether oxygens (including phenoxy) is 2. The second-order valence-corrected chi connectivity index (χ2v) is 11.7. The number of carbonyl (C=O) groups is 2. The molecule has 0 atom stereocenters. The first-order valence-corrected chi connectivity index (χ1v) is 15.5. The van der Waals surface area contributed by atoms with E-state index >= 15 is 0 Å². The minimum Gasteiger partial charge on any atom is -0.490 e. The van der Waals surface area contributed by atoms with Crippen molar-refractivity contribution in [2.24, 2.45) is 0 Å². The Hall–Kier alpha value is -4.73. The first-order valence-electron chi connectivity index (χ1n) is 13.9. The third-order valence-corrected chi connectivity index (χ3v) is 7.36. The summed E-state index contributed by atoms with van der Waals surface area (Å²) in [5.41, 5.74) is 1.83. The molecule has 2 amide bonds. The van der Waals surface area contributed by atoms with E-state index < -0.39 is 40.5 Å². The lowest BCUT2D eigenvalue weighted by atomic mass is 10.1. The fourth-order valence-electron chi connectivity index (χ4n) is 4.00. The maximum atomic E-state index is 12.8. The molecule has 0 unspecified atom stereocenters. The number of carbonyl (C=O) groups excluding carboxylic acids is 2. The zero-order chi connectivity index (χ0) is 32.3. The number of sulfonamides is 1. The van der Waals surface area contributed by atoms with Crippen LogP contribution < -0.4 is 24.8 Å². The molecule has 2 aromatic carbocycles. The van der Waals surface area contributed by atoms with Gasteiger partial charge >= 0.3 is 12.2 Å². The van der Waals surface area contributed by atoms with Gasteiger partial charge in [0.15, 0.2) is 6.61 Å². The van der Waals surface area contributed by atoms with Crippen molar-refractivity contribution in [2.45, 2.75) is 38.4 Å². The van der Waals surface area contributed by atoms with Crippen LogP contribution in [0.4, 0.5) is 19.1 Å². The van der Waals surface area contributed by atoms with Crippen molar-refractivity contribution >= 4 is 27.8 Å². The third-order valence-electron chi connectivity index (χ3n) is 6.19. The number of anilines is 1. The van der Waals surface area contributed by atoms with Crippen LogP contribution in [0.1, 0.15) is 46.6 Å². The number of benzene rings is 2. The molecular formula is C29H31F3N6O6S. The van der Waals surface area contributed by atoms with Gasteiger partial charge in [0.05, 0.1) is 5.75 Å². The summed E-state index contributed by atoms with van der Waals surface area (Å²) in [5, 5.41) is 5.70. The molecule has 0 spiro atoms. The average molecular weight is 649 g/mol. The lowest BCUT2D eigenvalue weighted by molar-refractivity contribution is -0.154. The van der Waals surface area contributed by atoms with Crippen LogP contribution in [0.2, 0.25) is 0 Å². The molecule has 3 aliphatic rings. The monoisotopic (exact) mass is 648 g/mol. The molecule has 0 aliphatic carbocycles. The molecule has 0 saturated carbocycles. The lowest BCUT2D eigenvalue weighted by Gasteiger charge is -2.12. The van der Waals surface area contributed by atoms with Gasteiger partial charge < -0.3 is 20.1 Å². The second kappa shape index (κ2) is 15.3. The van der Waals surface area contributed by atoms with Crippen LogP contribution in [0, 0.1) is 0 Å². The van der Waals surface area contributed by atoms with E-state index in [9.17, 15) is 31.2 Å². The lowest BCUT2D eigenvalue weighted by Crippen LogP contribution is -2.32. The Morgan fingerprint density at radius 1 is 0.889 bits per heavy atom. The standard InChI is InChI=1S/C29H31F3N6O6S/c30-29(31,32)19-44-28-36-24-17-20-6-10-22(11-7-20)26(40)33-14-2-1-5-25(39)38-45(41,42)16-4-3-15-43-23-12-8-21(9-13-23)18-34-27(35-24)37-28/h3-4,6-13H,1-2,5,14-19H2,(H,33,40)(H,38,39)(H,34,35,36,37)/b4-3+. The van der Waals surface area contributed by atoms with Gasteiger partial charge in [-0.15, -0.1) is 0 Å². The Morgan fingerprint density at radius 3 is 2.36 bits per heavy atom. The zero-order valence-electron chi connectivity index (χ0n) is 24.0. The maximum Gasteiger partial charge on any atom is 0.422 e. The molecule has 3 aromatic rings. The summed E-state index contributed by atoms with van der Waals surface area (Å²) in [5.74, 6) is -0.695. The number of amides is 2. The molecule has 16 heteroatoms. The largest absolute Gasteiger partial charge is 0.490 e. The topological polar surface area (TPSA) is 162 Å². The van der Waals surface area contributed by atoms with Gasteiger partial charge in [-0.05, 0) is 48.2 Å². The minimum atomic E-state index is -4.59. The highest BCUT2D eigenvalue weighted by molar-refractivity contribution is 7.90. The number of hydrogen-bond donors (Lipinski definition) is 3. The van der Waals surface area contributed by atoms with Crippen molar-refractivity contribution in [3.8, 4) is 11.8 Å². The molecule has 1 aromatic heterocycles. The predicted molar refractivity (Wildman–Crippen MR) is 157 cm³/mol. The smallest absolute Gasteiger partial charge is 0.422 e. The van der Waals surface area contributed by atoms with Gasteiger partial charge in [-0.2, -0.15) is 28.1 Å². The quantitative estimate of drug-likeness (QED) is 0.352. The van der Waals surface area contributed by atoms with E-state index in [1.54, 1.807) is 48.5 Å². The van der Waals surface area contributed by atoms with Gasteiger partial charge in [0.1, 0.15) is 18.2 Å². The van der Waals surface area contributed by atoms with Crippen molar-refractivity contribution < 1.29 is 40.7 Å². The molecule has 0 fully saturated rings. The van der Waals surface area contributed by atoms with Crippen molar-refractivity contribution in [3.05, 3.63) is 83.2 Å². The number of nitrogens with one attached hydrogen (secondary N) is 3. The SMILES string of the molecule is O=C1CCCCNC(=O)c2ccc(cc2)Cc2nc(nc(OCC(F)(F)F)n2)NCc2ccc(cc2)OC/C=C/CS(=O)(=O)N1. The molecule has 12 nitrogen and oxygen atoms in total. The predicted octanol–water partition coefficient (Wildman–Crippen LogP) is 3.31. The molecule has 4 heterocycles. The first kappa shape index (κ1) is 33.2. The van der Waals surface area contributed by atoms with Gasteiger partial charge in [-0.1, -0.05) is 36.4 Å². The summed E-state index contributed by atoms with van der Waals surface area (Å²) in [7, 11) is -3.86. The summed E-state index contributed by atoms with van der Waals surface area (Å²) in [4.78, 5) is 36.9. The Labute approximate surface area is 257 Å². The number of alkyl halides is 3. The van der Waals surface area contributed by atoms with E-state index in [1.165, 1.54) is 12.2 Å². The molecular weight excluding hydrogens is 617 g/mol. The van der Waals surface area contributed by atoms with Gasteiger partial charge in [-0.25, -0.2) is 8.42 Å². The molecule has 240 valence electrons. The van der Waals surface area contributed by atoms with E-state index in [-0.39, 0.29) is 50.2 Å². The summed E-state index contributed by atoms with van der Waals surface area (Å²) in [6.45, 7) is -0.994. The summed E-state index contributed by atoms with van der Waals surface area (Å²) < 4.78 is 75.1. The highest BCUT2D eigenvalue weighted by Gasteiger charge is 2.29. The minimum absolute atomic E-state index is 0.0120. The van der Waals surface area contributed by atoms with Gasteiger partial charge in [0, 0.05) is 31.5 Å². The summed E-state index contributed by atoms with van der Waals surface area (Å²) in [6, 6.07) is 12.9.